The SMILES string of the molecule is O=C(NC1CC(F)(F)C1)C(c1ccccc1Cl)N(C(=O)C1COCC(O)N1c1ncccn1)c1cccc(F)c1. The van der Waals surface area contributed by atoms with Crippen LogP contribution in [0.3, 0.4) is 0 Å². The minimum atomic E-state index is -2.90. The zero-order chi connectivity index (χ0) is 28.4. The van der Waals surface area contributed by atoms with E-state index in [0.29, 0.717) is 0 Å². The highest BCUT2D eigenvalue weighted by Crippen LogP contribution is 2.39. The van der Waals surface area contributed by atoms with Gasteiger partial charge in [-0.2, -0.15) is 0 Å². The predicted molar refractivity (Wildman–Crippen MR) is 139 cm³/mol. The van der Waals surface area contributed by atoms with Crippen LogP contribution in [0.4, 0.5) is 24.8 Å². The van der Waals surface area contributed by atoms with Crippen molar-refractivity contribution in [3.05, 3.63) is 83.4 Å². The summed E-state index contributed by atoms with van der Waals surface area (Å²) in [5.41, 5.74) is 0.183. The summed E-state index contributed by atoms with van der Waals surface area (Å²) >= 11 is 6.49. The van der Waals surface area contributed by atoms with Crippen molar-refractivity contribution in [3.63, 3.8) is 0 Å². The van der Waals surface area contributed by atoms with Crippen molar-refractivity contribution in [2.75, 3.05) is 23.0 Å². The van der Waals surface area contributed by atoms with Crippen LogP contribution >= 0.6 is 11.6 Å². The van der Waals surface area contributed by atoms with Crippen LogP contribution < -0.4 is 15.1 Å². The molecule has 210 valence electrons. The summed E-state index contributed by atoms with van der Waals surface area (Å²) in [7, 11) is 0. The van der Waals surface area contributed by atoms with E-state index in [1.807, 2.05) is 0 Å². The molecule has 0 radical (unpaired) electrons. The molecule has 2 fully saturated rings. The van der Waals surface area contributed by atoms with E-state index in [0.717, 1.165) is 11.0 Å². The number of benzene rings is 2. The van der Waals surface area contributed by atoms with E-state index in [-0.39, 0.29) is 35.4 Å². The lowest BCUT2D eigenvalue weighted by molar-refractivity contribution is -0.134. The average molecular weight is 576 g/mol. The minimum absolute atomic E-state index is 0.00185. The van der Waals surface area contributed by atoms with Crippen LogP contribution in [0.1, 0.15) is 24.4 Å². The molecule has 2 N–H and O–H groups in total. The standard InChI is InChI=1S/C27H25ClF3N5O4/c28-20-8-2-1-7-19(20)23(24(38)34-17-12-27(30,31)13-17)35(18-6-3-5-16(29)11-18)25(39)21-14-40-15-22(37)36(21)26-32-9-4-10-33-26/h1-11,17,21-23,37H,12-15H2,(H,34,38). The topological polar surface area (TPSA) is 108 Å². The third kappa shape index (κ3) is 5.74. The number of halogens is 4. The fraction of sp³-hybridized carbons (Fsp3) is 0.333. The Morgan fingerprint density at radius 1 is 1.10 bits per heavy atom. The molecule has 1 aromatic heterocycles. The molecule has 1 saturated heterocycles. The molecule has 1 saturated carbocycles. The number of carbonyl (C=O) groups excluding carboxylic acids is 2. The number of nitrogens with zero attached hydrogens (tertiary/aromatic N) is 4. The first-order valence-electron chi connectivity index (χ1n) is 12.5. The number of rotatable bonds is 7. The monoisotopic (exact) mass is 575 g/mol. The summed E-state index contributed by atoms with van der Waals surface area (Å²) in [6, 6.07) is 9.29. The number of hydrogen-bond donors (Lipinski definition) is 2. The van der Waals surface area contributed by atoms with Crippen molar-refractivity contribution >= 4 is 35.1 Å². The molecule has 3 aromatic rings. The zero-order valence-corrected chi connectivity index (χ0v) is 21.7. The Morgan fingerprint density at radius 2 is 1.82 bits per heavy atom. The summed E-state index contributed by atoms with van der Waals surface area (Å²) in [5.74, 6) is -5.11. The fourth-order valence-electron chi connectivity index (χ4n) is 4.87. The smallest absolute Gasteiger partial charge is 0.253 e. The van der Waals surface area contributed by atoms with Gasteiger partial charge >= 0.3 is 0 Å². The number of carbonyl (C=O) groups is 2. The molecule has 2 aliphatic rings. The highest BCUT2D eigenvalue weighted by atomic mass is 35.5. The third-order valence-electron chi connectivity index (χ3n) is 6.73. The van der Waals surface area contributed by atoms with Crippen LogP contribution in [0.15, 0.2) is 67.0 Å². The number of aliphatic hydroxyl groups is 1. The van der Waals surface area contributed by atoms with Gasteiger partial charge < -0.3 is 15.2 Å². The number of hydrogen-bond acceptors (Lipinski definition) is 7. The maximum atomic E-state index is 14.5. The number of alkyl halides is 2. The van der Waals surface area contributed by atoms with Gasteiger partial charge in [-0.25, -0.2) is 23.1 Å². The van der Waals surface area contributed by atoms with Gasteiger partial charge in [0, 0.05) is 47.6 Å². The van der Waals surface area contributed by atoms with Crippen LogP contribution in [0.5, 0.6) is 0 Å². The Bertz CT molecular complexity index is 1380. The van der Waals surface area contributed by atoms with Crippen LogP contribution in [0, 0.1) is 5.82 Å². The van der Waals surface area contributed by atoms with Crippen LogP contribution in [-0.4, -0.2) is 64.3 Å². The molecular weight excluding hydrogens is 551 g/mol. The van der Waals surface area contributed by atoms with Gasteiger partial charge in [-0.05, 0) is 30.3 Å². The summed E-state index contributed by atoms with van der Waals surface area (Å²) in [5, 5.41) is 13.5. The first-order chi connectivity index (χ1) is 19.1. The maximum absolute atomic E-state index is 14.5. The highest BCUT2D eigenvalue weighted by molar-refractivity contribution is 6.31. The number of ether oxygens (including phenoxy) is 1. The van der Waals surface area contributed by atoms with E-state index in [9.17, 15) is 27.9 Å². The van der Waals surface area contributed by atoms with E-state index in [2.05, 4.69) is 15.3 Å². The second-order valence-corrected chi connectivity index (χ2v) is 9.98. The summed E-state index contributed by atoms with van der Waals surface area (Å²) in [6.07, 6.45) is 0.451. The van der Waals surface area contributed by atoms with Gasteiger partial charge in [0.25, 0.3) is 11.8 Å². The molecule has 2 heterocycles. The lowest BCUT2D eigenvalue weighted by Gasteiger charge is -2.42. The van der Waals surface area contributed by atoms with Gasteiger partial charge in [0.05, 0.1) is 13.2 Å². The first kappa shape index (κ1) is 27.8. The fourth-order valence-corrected chi connectivity index (χ4v) is 5.11. The van der Waals surface area contributed by atoms with Gasteiger partial charge in [-0.15, -0.1) is 0 Å². The Hall–Kier alpha value is -3.74. The van der Waals surface area contributed by atoms with E-state index in [1.54, 1.807) is 18.2 Å². The second-order valence-electron chi connectivity index (χ2n) is 9.57. The molecule has 5 rings (SSSR count). The molecule has 9 nitrogen and oxygen atoms in total. The lowest BCUT2D eigenvalue weighted by atomic mass is 9.87. The number of aliphatic hydroxyl groups excluding tert-OH is 1. The molecule has 13 heteroatoms. The lowest BCUT2D eigenvalue weighted by Crippen LogP contribution is -2.61. The Labute approximate surface area is 232 Å². The minimum Gasteiger partial charge on any atom is -0.374 e. The second kappa shape index (κ2) is 11.4. The number of amides is 2. The van der Waals surface area contributed by atoms with Gasteiger partial charge in [0.15, 0.2) is 6.23 Å². The molecule has 0 spiro atoms. The van der Waals surface area contributed by atoms with E-state index < -0.39 is 60.7 Å². The number of morpholine rings is 1. The summed E-state index contributed by atoms with van der Waals surface area (Å²) in [4.78, 5) is 38.8. The van der Waals surface area contributed by atoms with Gasteiger partial charge in [0.1, 0.15) is 17.9 Å². The molecule has 2 amide bonds. The first-order valence-corrected chi connectivity index (χ1v) is 12.8. The van der Waals surface area contributed by atoms with Crippen LogP contribution in [0.25, 0.3) is 0 Å². The number of nitrogens with one attached hydrogen (secondary N) is 1. The molecule has 0 bridgehead atoms. The van der Waals surface area contributed by atoms with Crippen LogP contribution in [-0.2, 0) is 14.3 Å². The summed E-state index contributed by atoms with van der Waals surface area (Å²) < 4.78 is 47.1. The van der Waals surface area contributed by atoms with Crippen molar-refractivity contribution in [3.8, 4) is 0 Å². The van der Waals surface area contributed by atoms with Crippen molar-refractivity contribution in [2.45, 2.75) is 43.1 Å². The zero-order valence-electron chi connectivity index (χ0n) is 21.0. The predicted octanol–water partition coefficient (Wildman–Crippen LogP) is 3.48. The average Bonchev–Trinajstić information content (AvgIpc) is 2.91. The molecule has 1 aliphatic carbocycles. The van der Waals surface area contributed by atoms with Crippen LogP contribution in [0.2, 0.25) is 5.02 Å². The maximum Gasteiger partial charge on any atom is 0.253 e. The normalized spacial score (nSPS) is 21.3. The van der Waals surface area contributed by atoms with Gasteiger partial charge in [-0.1, -0.05) is 35.9 Å². The number of anilines is 2. The van der Waals surface area contributed by atoms with Crippen molar-refractivity contribution in [2.24, 2.45) is 0 Å². The molecule has 1 aliphatic heterocycles. The third-order valence-corrected chi connectivity index (χ3v) is 7.08. The van der Waals surface area contributed by atoms with Gasteiger partial charge in [0.2, 0.25) is 11.9 Å². The Balaban J connectivity index is 1.61. The molecule has 3 unspecified atom stereocenters. The van der Waals surface area contributed by atoms with Gasteiger partial charge in [-0.3, -0.25) is 19.4 Å². The molecule has 40 heavy (non-hydrogen) atoms. The molecule has 3 atom stereocenters. The van der Waals surface area contributed by atoms with Crippen molar-refractivity contribution < 1.29 is 32.6 Å². The van der Waals surface area contributed by atoms with E-state index >= 15 is 0 Å². The van der Waals surface area contributed by atoms with E-state index in [4.69, 9.17) is 16.3 Å². The molecule has 2 aromatic carbocycles. The quantitative estimate of drug-likeness (QED) is 0.444. The largest absolute Gasteiger partial charge is 0.374 e. The van der Waals surface area contributed by atoms with Crippen molar-refractivity contribution in [1.29, 1.82) is 0 Å². The number of aromatic nitrogens is 2. The molecular formula is C27H25ClF3N5O4. The Kier molecular flexibility index (Phi) is 7.92. The summed E-state index contributed by atoms with van der Waals surface area (Å²) in [6.45, 7) is -0.363. The Morgan fingerprint density at radius 3 is 2.50 bits per heavy atom. The highest BCUT2D eigenvalue weighted by Gasteiger charge is 2.48. The van der Waals surface area contributed by atoms with E-state index in [1.165, 1.54) is 47.6 Å². The van der Waals surface area contributed by atoms with Crippen molar-refractivity contribution in [1.82, 2.24) is 15.3 Å².